The molecule has 0 radical (unpaired) electrons. The predicted molar refractivity (Wildman–Crippen MR) is 78.2 cm³/mol. The normalized spacial score (nSPS) is 15.7. The summed E-state index contributed by atoms with van der Waals surface area (Å²) in [5.74, 6) is -0.198. The van der Waals surface area contributed by atoms with Gasteiger partial charge in [0.1, 0.15) is 0 Å². The van der Waals surface area contributed by atoms with E-state index >= 15 is 0 Å². The number of nitrogens with zero attached hydrogens (tertiary/aromatic N) is 1. The van der Waals surface area contributed by atoms with E-state index in [1.807, 2.05) is 0 Å². The number of nitrogens with two attached hydrogens (primary N) is 1. The van der Waals surface area contributed by atoms with Gasteiger partial charge in [0.15, 0.2) is 0 Å². The van der Waals surface area contributed by atoms with Crippen LogP contribution in [0.2, 0.25) is 5.02 Å². The smallest absolute Gasteiger partial charge is 0.338 e. The van der Waals surface area contributed by atoms with E-state index in [4.69, 9.17) is 17.3 Å². The molecule has 6 heteroatoms. The third-order valence-corrected chi connectivity index (χ3v) is 3.76. The van der Waals surface area contributed by atoms with Crippen LogP contribution >= 0.6 is 11.6 Å². The van der Waals surface area contributed by atoms with Gasteiger partial charge in [-0.2, -0.15) is 0 Å². The topological polar surface area (TPSA) is 75.4 Å². The van der Waals surface area contributed by atoms with Crippen LogP contribution in [0, 0.1) is 5.92 Å². The number of hydrogen-bond acceptors (Lipinski definition) is 2. The van der Waals surface area contributed by atoms with Gasteiger partial charge in [0.2, 0.25) is 5.91 Å². The fourth-order valence-electron chi connectivity index (χ4n) is 2.40. The molecule has 0 spiro atoms. The van der Waals surface area contributed by atoms with E-state index in [0.29, 0.717) is 10.7 Å². The molecular weight excluding hydrogens is 278 g/mol. The summed E-state index contributed by atoms with van der Waals surface area (Å²) >= 11 is 5.80. The number of rotatable bonds is 2. The summed E-state index contributed by atoms with van der Waals surface area (Å²) in [4.78, 5) is 23.7. The molecule has 0 heterocycles. The van der Waals surface area contributed by atoms with Gasteiger partial charge in [-0.15, -0.1) is 0 Å². The highest BCUT2D eigenvalue weighted by Gasteiger charge is 2.24. The van der Waals surface area contributed by atoms with Crippen molar-refractivity contribution in [1.29, 1.82) is 0 Å². The highest BCUT2D eigenvalue weighted by atomic mass is 35.5. The number of halogens is 1. The number of urea groups is 1. The Balaban J connectivity index is 2.07. The van der Waals surface area contributed by atoms with E-state index in [-0.39, 0.29) is 11.8 Å². The zero-order valence-electron chi connectivity index (χ0n) is 11.1. The van der Waals surface area contributed by atoms with Crippen LogP contribution in [0.1, 0.15) is 32.1 Å². The van der Waals surface area contributed by atoms with Gasteiger partial charge in [-0.1, -0.05) is 30.9 Å². The van der Waals surface area contributed by atoms with Crippen LogP contribution in [0.25, 0.3) is 0 Å². The maximum Gasteiger partial charge on any atom is 0.338 e. The number of amides is 3. The summed E-state index contributed by atoms with van der Waals surface area (Å²) < 4.78 is 0. The van der Waals surface area contributed by atoms with Gasteiger partial charge in [-0.05, 0) is 37.1 Å². The Hall–Kier alpha value is -1.75. The molecular formula is C14H18ClN3O2. The summed E-state index contributed by atoms with van der Waals surface area (Å²) in [6, 6.07) is 5.82. The number of hydrazine groups is 1. The Bertz CT molecular complexity index is 484. The van der Waals surface area contributed by atoms with Crippen molar-refractivity contribution in [2.75, 3.05) is 5.01 Å². The Kier molecular flexibility index (Phi) is 4.84. The minimum Gasteiger partial charge on any atom is -0.350 e. The van der Waals surface area contributed by atoms with Gasteiger partial charge in [0.05, 0.1) is 5.69 Å². The van der Waals surface area contributed by atoms with Gasteiger partial charge in [-0.3, -0.25) is 10.2 Å². The average Bonchev–Trinajstić information content (AvgIpc) is 2.46. The fraction of sp³-hybridized carbons (Fsp3) is 0.429. The molecule has 1 aliphatic carbocycles. The van der Waals surface area contributed by atoms with Gasteiger partial charge >= 0.3 is 6.03 Å². The molecule has 3 N–H and O–H groups in total. The molecule has 1 aromatic rings. The first-order valence-corrected chi connectivity index (χ1v) is 7.11. The molecule has 1 fully saturated rings. The highest BCUT2D eigenvalue weighted by Crippen LogP contribution is 2.24. The lowest BCUT2D eigenvalue weighted by atomic mass is 9.89. The van der Waals surface area contributed by atoms with Crippen molar-refractivity contribution in [3.05, 3.63) is 29.3 Å². The maximum atomic E-state index is 12.2. The zero-order chi connectivity index (χ0) is 14.5. The molecule has 0 aliphatic heterocycles. The number of carbonyl (C=O) groups excluding carboxylic acids is 2. The van der Waals surface area contributed by atoms with Crippen molar-refractivity contribution in [2.24, 2.45) is 11.7 Å². The molecule has 5 nitrogen and oxygen atoms in total. The number of primary amides is 1. The maximum absolute atomic E-state index is 12.2. The Morgan fingerprint density at radius 3 is 2.30 bits per heavy atom. The van der Waals surface area contributed by atoms with Crippen LogP contribution in [-0.2, 0) is 4.79 Å². The van der Waals surface area contributed by atoms with Crippen molar-refractivity contribution in [3.8, 4) is 0 Å². The summed E-state index contributed by atoms with van der Waals surface area (Å²) in [6.45, 7) is 0. The summed E-state index contributed by atoms with van der Waals surface area (Å²) in [5.41, 5.74) is 8.41. The Morgan fingerprint density at radius 1 is 1.15 bits per heavy atom. The van der Waals surface area contributed by atoms with Crippen LogP contribution in [0.15, 0.2) is 24.3 Å². The average molecular weight is 296 g/mol. The van der Waals surface area contributed by atoms with E-state index < -0.39 is 6.03 Å². The van der Waals surface area contributed by atoms with Crippen molar-refractivity contribution >= 4 is 29.2 Å². The van der Waals surface area contributed by atoms with E-state index in [2.05, 4.69) is 5.43 Å². The van der Waals surface area contributed by atoms with Gasteiger partial charge in [0, 0.05) is 10.9 Å². The van der Waals surface area contributed by atoms with Crippen LogP contribution in [-0.4, -0.2) is 11.9 Å². The van der Waals surface area contributed by atoms with Crippen LogP contribution in [0.4, 0.5) is 10.5 Å². The zero-order valence-corrected chi connectivity index (χ0v) is 11.9. The lowest BCUT2D eigenvalue weighted by Crippen LogP contribution is -2.51. The Labute approximate surface area is 123 Å². The first-order valence-electron chi connectivity index (χ1n) is 6.73. The number of carbonyl (C=O) groups is 2. The minimum absolute atomic E-state index is 0.0436. The second-order valence-electron chi connectivity index (χ2n) is 4.96. The largest absolute Gasteiger partial charge is 0.350 e. The van der Waals surface area contributed by atoms with Crippen molar-refractivity contribution in [3.63, 3.8) is 0 Å². The number of benzene rings is 1. The van der Waals surface area contributed by atoms with Crippen molar-refractivity contribution in [1.82, 2.24) is 5.43 Å². The number of anilines is 1. The molecule has 3 amide bonds. The third-order valence-electron chi connectivity index (χ3n) is 3.50. The van der Waals surface area contributed by atoms with E-state index in [9.17, 15) is 9.59 Å². The van der Waals surface area contributed by atoms with Gasteiger partial charge < -0.3 is 5.73 Å². The molecule has 0 saturated heterocycles. The second kappa shape index (κ2) is 6.61. The molecule has 2 rings (SSSR count). The van der Waals surface area contributed by atoms with Crippen LogP contribution in [0.3, 0.4) is 0 Å². The second-order valence-corrected chi connectivity index (χ2v) is 5.40. The summed E-state index contributed by atoms with van der Waals surface area (Å²) in [5, 5.41) is 1.62. The lowest BCUT2D eigenvalue weighted by molar-refractivity contribution is -0.125. The monoisotopic (exact) mass is 295 g/mol. The first kappa shape index (κ1) is 14.7. The number of hydrogen-bond donors (Lipinski definition) is 2. The number of nitrogens with one attached hydrogen (secondary N) is 1. The predicted octanol–water partition coefficient (Wildman–Crippen LogP) is 2.84. The molecule has 0 unspecified atom stereocenters. The minimum atomic E-state index is -0.725. The highest BCUT2D eigenvalue weighted by molar-refractivity contribution is 6.30. The molecule has 0 bridgehead atoms. The molecule has 108 valence electrons. The van der Waals surface area contributed by atoms with E-state index in [1.165, 1.54) is 6.42 Å². The molecule has 0 atom stereocenters. The van der Waals surface area contributed by atoms with Crippen LogP contribution < -0.4 is 16.2 Å². The van der Waals surface area contributed by atoms with E-state index in [1.54, 1.807) is 24.3 Å². The molecule has 1 aromatic carbocycles. The molecule has 0 aromatic heterocycles. The van der Waals surface area contributed by atoms with Gasteiger partial charge in [0.25, 0.3) is 0 Å². The summed E-state index contributed by atoms with van der Waals surface area (Å²) in [7, 11) is 0. The quantitative estimate of drug-likeness (QED) is 0.823. The van der Waals surface area contributed by atoms with Crippen LogP contribution in [0.5, 0.6) is 0 Å². The molecule has 20 heavy (non-hydrogen) atoms. The third kappa shape index (κ3) is 3.63. The van der Waals surface area contributed by atoms with Crippen molar-refractivity contribution in [2.45, 2.75) is 32.1 Å². The standard InChI is InChI=1S/C14H18ClN3O2/c15-11-6-8-12(9-7-11)18(14(16)20)17-13(19)10-4-2-1-3-5-10/h6-10H,1-5H2,(H2,16,20)(H,17,19). The fourth-order valence-corrected chi connectivity index (χ4v) is 2.53. The summed E-state index contributed by atoms with van der Waals surface area (Å²) in [6.07, 6.45) is 4.99. The lowest BCUT2D eigenvalue weighted by Gasteiger charge is -2.26. The molecule has 1 saturated carbocycles. The van der Waals surface area contributed by atoms with Crippen molar-refractivity contribution < 1.29 is 9.59 Å². The van der Waals surface area contributed by atoms with Gasteiger partial charge in [-0.25, -0.2) is 9.80 Å². The van der Waals surface area contributed by atoms with E-state index in [0.717, 1.165) is 30.7 Å². The molecule has 1 aliphatic rings. The Morgan fingerprint density at radius 2 is 1.75 bits per heavy atom. The first-order chi connectivity index (χ1) is 9.58. The SMILES string of the molecule is NC(=O)N(NC(=O)C1CCCCC1)c1ccc(Cl)cc1.